The van der Waals surface area contributed by atoms with E-state index in [0.29, 0.717) is 28.2 Å². The van der Waals surface area contributed by atoms with Gasteiger partial charge in [0, 0.05) is 11.1 Å². The Kier molecular flexibility index (Phi) is 4.52. The summed E-state index contributed by atoms with van der Waals surface area (Å²) in [6.07, 6.45) is 0. The number of para-hydroxylation sites is 1. The molecule has 0 fully saturated rings. The van der Waals surface area contributed by atoms with Crippen molar-refractivity contribution in [1.82, 2.24) is 0 Å². The van der Waals surface area contributed by atoms with Crippen LogP contribution in [0.5, 0.6) is 5.75 Å². The van der Waals surface area contributed by atoms with Gasteiger partial charge in [-0.2, -0.15) is 5.26 Å². The summed E-state index contributed by atoms with van der Waals surface area (Å²) in [6.45, 7) is 1.70. The molecule has 4 nitrogen and oxygen atoms in total. The fourth-order valence-corrected chi connectivity index (χ4v) is 1.89. The smallest absolute Gasteiger partial charge is 0.128 e. The van der Waals surface area contributed by atoms with E-state index in [0.717, 1.165) is 0 Å². The maximum Gasteiger partial charge on any atom is 0.128 e. The van der Waals surface area contributed by atoms with Crippen molar-refractivity contribution in [2.45, 2.75) is 13.5 Å². The van der Waals surface area contributed by atoms with Crippen LogP contribution in [0.4, 0.5) is 4.39 Å². The molecule has 1 N–H and O–H groups in total. The molecular weight excluding hydrogens is 271 g/mol. The first-order valence-electron chi connectivity index (χ1n) is 6.25. The van der Waals surface area contributed by atoms with Crippen molar-refractivity contribution in [2.75, 3.05) is 0 Å². The molecule has 2 aromatic carbocycles. The van der Waals surface area contributed by atoms with Crippen molar-refractivity contribution in [3.63, 3.8) is 0 Å². The number of ether oxygens (including phenoxy) is 1. The van der Waals surface area contributed by atoms with Gasteiger partial charge in [0.05, 0.1) is 17.3 Å². The van der Waals surface area contributed by atoms with E-state index in [1.807, 2.05) is 6.07 Å². The van der Waals surface area contributed by atoms with Gasteiger partial charge in [0.15, 0.2) is 0 Å². The van der Waals surface area contributed by atoms with Crippen LogP contribution in [-0.2, 0) is 6.61 Å². The van der Waals surface area contributed by atoms with Crippen molar-refractivity contribution in [1.29, 1.82) is 5.26 Å². The normalized spacial score (nSPS) is 11.0. The molecule has 0 saturated carbocycles. The number of halogens is 1. The van der Waals surface area contributed by atoms with Gasteiger partial charge in [0.1, 0.15) is 18.2 Å². The number of hydrogen-bond donors (Lipinski definition) is 1. The standard InChI is InChI=1S/C16H13FN2O2/c1-11(19-20)15-4-2-3-5-16(15)21-10-13-8-14(17)7-6-12(13)9-18/h2-8,20H,10H2,1H3/b19-11-. The molecule has 0 spiro atoms. The summed E-state index contributed by atoms with van der Waals surface area (Å²) in [4.78, 5) is 0. The predicted octanol–water partition coefficient (Wildman–Crippen LogP) is 3.47. The first-order valence-corrected chi connectivity index (χ1v) is 6.25. The van der Waals surface area contributed by atoms with Crippen molar-refractivity contribution in [3.05, 3.63) is 65.0 Å². The highest BCUT2D eigenvalue weighted by Crippen LogP contribution is 2.21. The van der Waals surface area contributed by atoms with Crippen molar-refractivity contribution < 1.29 is 14.3 Å². The summed E-state index contributed by atoms with van der Waals surface area (Å²) in [5.41, 5.74) is 1.87. The van der Waals surface area contributed by atoms with Crippen molar-refractivity contribution in [2.24, 2.45) is 5.16 Å². The highest BCUT2D eigenvalue weighted by Gasteiger charge is 2.09. The minimum atomic E-state index is -0.422. The Morgan fingerprint density at radius 1 is 1.33 bits per heavy atom. The molecule has 0 atom stereocenters. The fraction of sp³-hybridized carbons (Fsp3) is 0.125. The van der Waals surface area contributed by atoms with Crippen molar-refractivity contribution >= 4 is 5.71 Å². The van der Waals surface area contributed by atoms with E-state index < -0.39 is 5.82 Å². The third kappa shape index (κ3) is 3.37. The zero-order chi connectivity index (χ0) is 15.2. The Morgan fingerprint density at radius 2 is 2.10 bits per heavy atom. The van der Waals surface area contributed by atoms with Crippen LogP contribution in [-0.4, -0.2) is 10.9 Å². The van der Waals surface area contributed by atoms with E-state index >= 15 is 0 Å². The van der Waals surface area contributed by atoms with Gasteiger partial charge >= 0.3 is 0 Å². The third-order valence-electron chi connectivity index (χ3n) is 3.00. The third-order valence-corrected chi connectivity index (χ3v) is 3.00. The molecule has 0 aliphatic carbocycles. The Labute approximate surface area is 121 Å². The van der Waals surface area contributed by atoms with Gasteiger partial charge in [0.2, 0.25) is 0 Å². The predicted molar refractivity (Wildman–Crippen MR) is 75.9 cm³/mol. The van der Waals surface area contributed by atoms with Crippen LogP contribution >= 0.6 is 0 Å². The minimum absolute atomic E-state index is 0.0520. The monoisotopic (exact) mass is 284 g/mol. The topological polar surface area (TPSA) is 65.6 Å². The summed E-state index contributed by atoms with van der Waals surface area (Å²) in [6, 6.07) is 13.0. The van der Waals surface area contributed by atoms with Gasteiger partial charge in [-0.05, 0) is 37.3 Å². The molecule has 106 valence electrons. The fourth-order valence-electron chi connectivity index (χ4n) is 1.89. The number of oxime groups is 1. The molecule has 5 heteroatoms. The highest BCUT2D eigenvalue weighted by atomic mass is 19.1. The molecule has 0 unspecified atom stereocenters. The molecule has 0 aromatic heterocycles. The zero-order valence-corrected chi connectivity index (χ0v) is 11.4. The summed E-state index contributed by atoms with van der Waals surface area (Å²) in [5, 5.41) is 21.0. The van der Waals surface area contributed by atoms with E-state index in [1.165, 1.54) is 18.2 Å². The lowest BCUT2D eigenvalue weighted by Crippen LogP contribution is -2.04. The number of rotatable bonds is 4. The van der Waals surface area contributed by atoms with Crippen LogP contribution in [0.2, 0.25) is 0 Å². The zero-order valence-electron chi connectivity index (χ0n) is 11.4. The molecule has 0 aliphatic heterocycles. The lowest BCUT2D eigenvalue weighted by molar-refractivity contribution is 0.302. The SMILES string of the molecule is C/C(=N/O)c1ccccc1OCc1cc(F)ccc1C#N. The molecule has 0 amide bonds. The second-order valence-electron chi connectivity index (χ2n) is 4.38. The van der Waals surface area contributed by atoms with Gasteiger partial charge in [0.25, 0.3) is 0 Å². The Morgan fingerprint density at radius 3 is 2.81 bits per heavy atom. The maximum absolute atomic E-state index is 13.3. The first-order chi connectivity index (χ1) is 10.2. The molecule has 0 radical (unpaired) electrons. The van der Waals surface area contributed by atoms with Crippen LogP contribution in [0.25, 0.3) is 0 Å². The molecule has 0 saturated heterocycles. The average molecular weight is 284 g/mol. The Balaban J connectivity index is 2.26. The van der Waals surface area contributed by atoms with E-state index in [4.69, 9.17) is 15.2 Å². The number of benzene rings is 2. The lowest BCUT2D eigenvalue weighted by atomic mass is 10.1. The molecule has 2 aromatic rings. The highest BCUT2D eigenvalue weighted by molar-refractivity contribution is 6.00. The number of hydrogen-bond acceptors (Lipinski definition) is 4. The molecule has 0 heterocycles. The molecule has 0 bridgehead atoms. The number of nitrogens with zero attached hydrogens (tertiary/aromatic N) is 2. The second kappa shape index (κ2) is 6.53. The van der Waals surface area contributed by atoms with Gasteiger partial charge in [-0.3, -0.25) is 0 Å². The summed E-state index contributed by atoms with van der Waals surface area (Å²) < 4.78 is 18.9. The summed E-state index contributed by atoms with van der Waals surface area (Å²) in [5.74, 6) is 0.0786. The first kappa shape index (κ1) is 14.5. The van der Waals surface area contributed by atoms with Crippen LogP contribution in [0, 0.1) is 17.1 Å². The van der Waals surface area contributed by atoms with Crippen LogP contribution < -0.4 is 4.74 Å². The van der Waals surface area contributed by atoms with Gasteiger partial charge in [-0.25, -0.2) is 4.39 Å². The Hall–Kier alpha value is -2.87. The van der Waals surface area contributed by atoms with E-state index in [1.54, 1.807) is 31.2 Å². The Bertz CT molecular complexity index is 720. The van der Waals surface area contributed by atoms with Gasteiger partial charge in [-0.1, -0.05) is 17.3 Å². The summed E-state index contributed by atoms with van der Waals surface area (Å²) in [7, 11) is 0. The molecule has 21 heavy (non-hydrogen) atoms. The van der Waals surface area contributed by atoms with Gasteiger partial charge < -0.3 is 9.94 Å². The largest absolute Gasteiger partial charge is 0.488 e. The van der Waals surface area contributed by atoms with Gasteiger partial charge in [-0.15, -0.1) is 0 Å². The average Bonchev–Trinajstić information content (AvgIpc) is 2.52. The second-order valence-corrected chi connectivity index (χ2v) is 4.38. The quantitative estimate of drug-likeness (QED) is 0.531. The number of nitriles is 1. The summed E-state index contributed by atoms with van der Waals surface area (Å²) >= 11 is 0. The van der Waals surface area contributed by atoms with Crippen LogP contribution in [0.15, 0.2) is 47.6 Å². The lowest BCUT2D eigenvalue weighted by Gasteiger charge is -2.11. The molecule has 2 rings (SSSR count). The van der Waals surface area contributed by atoms with E-state index in [9.17, 15) is 4.39 Å². The molecular formula is C16H13FN2O2. The van der Waals surface area contributed by atoms with E-state index in [2.05, 4.69) is 5.16 Å². The molecule has 0 aliphatic rings. The minimum Gasteiger partial charge on any atom is -0.488 e. The van der Waals surface area contributed by atoms with E-state index in [-0.39, 0.29) is 6.61 Å². The maximum atomic E-state index is 13.3. The van der Waals surface area contributed by atoms with Crippen LogP contribution in [0.3, 0.4) is 0 Å². The van der Waals surface area contributed by atoms with Crippen LogP contribution in [0.1, 0.15) is 23.6 Å². The van der Waals surface area contributed by atoms with Crippen molar-refractivity contribution in [3.8, 4) is 11.8 Å².